The van der Waals surface area contributed by atoms with Crippen LogP contribution in [0.3, 0.4) is 0 Å². The molecule has 21 heavy (non-hydrogen) atoms. The second kappa shape index (κ2) is 4.56. The lowest BCUT2D eigenvalue weighted by atomic mass is 9.92. The number of anilines is 1. The lowest BCUT2D eigenvalue weighted by Crippen LogP contribution is -2.25. The highest BCUT2D eigenvalue weighted by Gasteiger charge is 2.22. The highest BCUT2D eigenvalue weighted by atomic mass is 15.2. The Kier molecular flexibility index (Phi) is 2.68. The van der Waals surface area contributed by atoms with Crippen molar-refractivity contribution in [2.24, 2.45) is 0 Å². The summed E-state index contributed by atoms with van der Waals surface area (Å²) in [7, 11) is 0. The lowest BCUT2D eigenvalue weighted by Gasteiger charge is -2.21. The highest BCUT2D eigenvalue weighted by molar-refractivity contribution is 5.93. The number of H-pyrrole nitrogens is 1. The molecule has 0 aliphatic carbocycles. The van der Waals surface area contributed by atoms with Gasteiger partial charge < -0.3 is 11.1 Å². The first kappa shape index (κ1) is 12.3. The van der Waals surface area contributed by atoms with Crippen molar-refractivity contribution in [2.45, 2.75) is 19.9 Å². The Bertz CT molecular complexity index is 834. The number of nitrogens with one attached hydrogen (secondary N) is 2. The quantitative estimate of drug-likeness (QED) is 0.637. The number of nitrogens with two attached hydrogens (primary N) is 1. The maximum absolute atomic E-state index is 6.03. The maximum Gasteiger partial charge on any atom is 0.184 e. The molecule has 106 valence electrons. The smallest absolute Gasteiger partial charge is 0.184 e. The summed E-state index contributed by atoms with van der Waals surface area (Å²) in [5, 5.41) is 11.5. The van der Waals surface area contributed by atoms with Crippen LogP contribution in [-0.2, 0) is 13.0 Å². The first-order valence-electron chi connectivity index (χ1n) is 7.17. The topological polar surface area (TPSA) is 79.6 Å². The zero-order valence-corrected chi connectivity index (χ0v) is 11.9. The van der Waals surface area contributed by atoms with E-state index >= 15 is 0 Å². The zero-order valence-electron chi connectivity index (χ0n) is 11.9. The van der Waals surface area contributed by atoms with E-state index in [-0.39, 0.29) is 0 Å². The van der Waals surface area contributed by atoms with Crippen molar-refractivity contribution in [1.82, 2.24) is 20.5 Å². The number of nitrogens with zero attached hydrogens (tertiary/aromatic N) is 2. The van der Waals surface area contributed by atoms with Gasteiger partial charge in [0.2, 0.25) is 0 Å². The Hall–Kier alpha value is -2.40. The average Bonchev–Trinajstić information content (AvgIpc) is 2.89. The summed E-state index contributed by atoms with van der Waals surface area (Å²) in [4.78, 5) is 4.79. The molecule has 0 saturated heterocycles. The third kappa shape index (κ3) is 1.81. The summed E-state index contributed by atoms with van der Waals surface area (Å²) in [6.07, 6.45) is 0.965. The summed E-state index contributed by atoms with van der Waals surface area (Å²) in [5.74, 6) is 0.605. The number of aromatic amines is 1. The molecule has 4 N–H and O–H groups in total. The van der Waals surface area contributed by atoms with E-state index in [0.29, 0.717) is 11.5 Å². The van der Waals surface area contributed by atoms with Crippen LogP contribution in [0.25, 0.3) is 22.3 Å². The van der Waals surface area contributed by atoms with Crippen LogP contribution >= 0.6 is 0 Å². The van der Waals surface area contributed by atoms with Crippen LogP contribution in [0.2, 0.25) is 0 Å². The van der Waals surface area contributed by atoms with Crippen molar-refractivity contribution in [3.63, 3.8) is 0 Å². The molecule has 0 spiro atoms. The van der Waals surface area contributed by atoms with Gasteiger partial charge in [-0.25, -0.2) is 4.98 Å². The number of fused-ring (bicyclic) bond motifs is 3. The minimum Gasteiger partial charge on any atom is -0.384 e. The van der Waals surface area contributed by atoms with Crippen LogP contribution in [0.5, 0.6) is 0 Å². The van der Waals surface area contributed by atoms with Crippen LogP contribution in [-0.4, -0.2) is 21.7 Å². The summed E-state index contributed by atoms with van der Waals surface area (Å²) >= 11 is 0. The number of aromatic nitrogens is 3. The van der Waals surface area contributed by atoms with Gasteiger partial charge in [-0.05, 0) is 36.6 Å². The van der Waals surface area contributed by atoms with Crippen molar-refractivity contribution in [2.75, 3.05) is 12.3 Å². The van der Waals surface area contributed by atoms with E-state index in [1.807, 2.05) is 0 Å². The molecule has 5 nitrogen and oxygen atoms in total. The highest BCUT2D eigenvalue weighted by Crippen LogP contribution is 2.34. The monoisotopic (exact) mass is 279 g/mol. The van der Waals surface area contributed by atoms with Crippen molar-refractivity contribution >= 4 is 16.9 Å². The summed E-state index contributed by atoms with van der Waals surface area (Å²) in [5.41, 5.74) is 12.7. The van der Waals surface area contributed by atoms with Gasteiger partial charge in [-0.15, -0.1) is 0 Å². The van der Waals surface area contributed by atoms with Gasteiger partial charge in [0, 0.05) is 12.1 Å². The van der Waals surface area contributed by atoms with Crippen molar-refractivity contribution in [1.29, 1.82) is 0 Å². The molecule has 0 unspecified atom stereocenters. The van der Waals surface area contributed by atoms with Crippen LogP contribution in [0.15, 0.2) is 24.3 Å². The van der Waals surface area contributed by atoms with Gasteiger partial charge in [0.25, 0.3) is 0 Å². The number of benzene rings is 1. The SMILES string of the molecule is Cc1ccccc1-c1nc2n[nH]c(N)c2c2c1CCNC2. The fourth-order valence-corrected chi connectivity index (χ4v) is 3.14. The molecule has 3 heterocycles. The molecule has 0 atom stereocenters. The standard InChI is InChI=1S/C16H17N5/c1-9-4-2-3-5-10(9)14-11-6-7-18-8-12(11)13-15(17)20-21-16(13)19-14/h2-5,18H,6-8H2,1H3,(H3,17,19,20,21). The molecular weight excluding hydrogens is 262 g/mol. The third-order valence-electron chi connectivity index (χ3n) is 4.20. The van der Waals surface area contributed by atoms with Gasteiger partial charge in [-0.3, -0.25) is 5.10 Å². The summed E-state index contributed by atoms with van der Waals surface area (Å²) < 4.78 is 0. The van der Waals surface area contributed by atoms with Crippen LogP contribution in [0.4, 0.5) is 5.82 Å². The molecule has 0 bridgehead atoms. The Morgan fingerprint density at radius 3 is 2.90 bits per heavy atom. The number of hydrogen-bond donors (Lipinski definition) is 3. The second-order valence-electron chi connectivity index (χ2n) is 5.50. The van der Waals surface area contributed by atoms with E-state index in [1.165, 1.54) is 22.3 Å². The fourth-order valence-electron chi connectivity index (χ4n) is 3.14. The number of aryl methyl sites for hydroxylation is 1. The van der Waals surface area contributed by atoms with Crippen molar-refractivity contribution < 1.29 is 0 Å². The predicted molar refractivity (Wildman–Crippen MR) is 83.9 cm³/mol. The van der Waals surface area contributed by atoms with Crippen molar-refractivity contribution in [3.05, 3.63) is 41.0 Å². The van der Waals surface area contributed by atoms with Crippen molar-refractivity contribution in [3.8, 4) is 11.3 Å². The minimum atomic E-state index is 0.605. The lowest BCUT2D eigenvalue weighted by molar-refractivity contribution is 0.647. The van der Waals surface area contributed by atoms with Gasteiger partial charge >= 0.3 is 0 Å². The van der Waals surface area contributed by atoms with E-state index in [9.17, 15) is 0 Å². The molecule has 3 aromatic rings. The second-order valence-corrected chi connectivity index (χ2v) is 5.50. The van der Waals surface area contributed by atoms with Gasteiger partial charge in [0.15, 0.2) is 5.65 Å². The van der Waals surface area contributed by atoms with E-state index in [1.54, 1.807) is 0 Å². The van der Waals surface area contributed by atoms with Crippen LogP contribution < -0.4 is 11.1 Å². The Morgan fingerprint density at radius 1 is 1.19 bits per heavy atom. The predicted octanol–water partition coefficient (Wildman–Crippen LogP) is 2.16. The summed E-state index contributed by atoms with van der Waals surface area (Å²) in [6.45, 7) is 3.90. The average molecular weight is 279 g/mol. The molecule has 1 aliphatic rings. The Morgan fingerprint density at radius 2 is 2.05 bits per heavy atom. The molecule has 2 aromatic heterocycles. The van der Waals surface area contributed by atoms with Crippen LogP contribution in [0.1, 0.15) is 16.7 Å². The molecule has 0 saturated carbocycles. The van der Waals surface area contributed by atoms with E-state index in [0.717, 1.165) is 30.6 Å². The van der Waals surface area contributed by atoms with Gasteiger partial charge in [0.1, 0.15) is 5.82 Å². The number of hydrogen-bond acceptors (Lipinski definition) is 4. The molecule has 1 aromatic carbocycles. The Balaban J connectivity index is 2.08. The van der Waals surface area contributed by atoms with Gasteiger partial charge in [-0.2, -0.15) is 5.10 Å². The molecule has 4 rings (SSSR count). The minimum absolute atomic E-state index is 0.605. The largest absolute Gasteiger partial charge is 0.384 e. The zero-order chi connectivity index (χ0) is 14.4. The van der Waals surface area contributed by atoms with E-state index < -0.39 is 0 Å². The third-order valence-corrected chi connectivity index (χ3v) is 4.20. The molecule has 0 fully saturated rings. The number of rotatable bonds is 1. The van der Waals surface area contributed by atoms with Gasteiger partial charge in [0.05, 0.1) is 11.1 Å². The van der Waals surface area contributed by atoms with E-state index in [2.05, 4.69) is 46.7 Å². The van der Waals surface area contributed by atoms with E-state index in [4.69, 9.17) is 10.7 Å². The molecular formula is C16H17N5. The number of pyridine rings is 1. The number of nitrogen functional groups attached to an aromatic ring is 1. The molecule has 0 amide bonds. The molecule has 5 heteroatoms. The van der Waals surface area contributed by atoms with Gasteiger partial charge in [-0.1, -0.05) is 24.3 Å². The molecule has 0 radical (unpaired) electrons. The first-order chi connectivity index (χ1) is 10.3. The normalized spacial score (nSPS) is 14.3. The Labute approximate surface area is 122 Å². The maximum atomic E-state index is 6.03. The fraction of sp³-hybridized carbons (Fsp3) is 0.250. The first-order valence-corrected chi connectivity index (χ1v) is 7.17. The summed E-state index contributed by atoms with van der Waals surface area (Å²) in [6, 6.07) is 8.36. The van der Waals surface area contributed by atoms with Crippen LogP contribution in [0, 0.1) is 6.92 Å². The molecule has 1 aliphatic heterocycles.